The van der Waals surface area contributed by atoms with Crippen LogP contribution in [0.4, 0.5) is 0 Å². The molecule has 0 saturated heterocycles. The van der Waals surface area contributed by atoms with Crippen LogP contribution in [0.2, 0.25) is 0 Å². The van der Waals surface area contributed by atoms with E-state index in [1.165, 1.54) is 21.6 Å². The van der Waals surface area contributed by atoms with Gasteiger partial charge in [0.05, 0.1) is 152 Å². The van der Waals surface area contributed by atoms with Crippen LogP contribution in [0.15, 0.2) is 0 Å². The van der Waals surface area contributed by atoms with E-state index < -0.39 is 0 Å². The molecular formula is C30H61N3O13S2. The molecule has 0 fully saturated rings. The van der Waals surface area contributed by atoms with Gasteiger partial charge >= 0.3 is 0 Å². The number of nitrogens with one attached hydrogen (secondary N) is 2. The number of hydrogen-bond acceptors (Lipinski definition) is 16. The second kappa shape index (κ2) is 42.3. The summed E-state index contributed by atoms with van der Waals surface area (Å²) in [5.41, 5.74) is 5.25. The zero-order valence-corrected chi connectivity index (χ0v) is 30.4. The van der Waals surface area contributed by atoms with E-state index in [-0.39, 0.29) is 11.1 Å². The number of nitrogens with two attached hydrogens (primary N) is 1. The van der Waals surface area contributed by atoms with Crippen molar-refractivity contribution in [2.75, 3.05) is 171 Å². The average molecular weight is 736 g/mol. The van der Waals surface area contributed by atoms with E-state index in [0.717, 1.165) is 12.2 Å². The normalized spacial score (nSPS) is 11.4. The fourth-order valence-corrected chi connectivity index (χ4v) is 4.62. The maximum atomic E-state index is 11.7. The lowest BCUT2D eigenvalue weighted by atomic mass is 10.4. The fourth-order valence-electron chi connectivity index (χ4n) is 3.16. The molecule has 0 spiro atoms. The molecule has 4 N–H and O–H groups in total. The Hall–Kier alpha value is -0.840. The van der Waals surface area contributed by atoms with Gasteiger partial charge in [-0.05, 0) is 17.2 Å². The molecule has 0 aromatic carbocycles. The zero-order valence-electron chi connectivity index (χ0n) is 28.8. The van der Waals surface area contributed by atoms with Crippen LogP contribution in [0.5, 0.6) is 0 Å². The number of amides is 1. The van der Waals surface area contributed by atoms with Crippen molar-refractivity contribution in [2.45, 2.75) is 12.8 Å². The third kappa shape index (κ3) is 43.2. The minimum absolute atomic E-state index is 0.0407. The van der Waals surface area contributed by atoms with Crippen LogP contribution in [0.25, 0.3) is 0 Å². The molecule has 0 atom stereocenters. The Morgan fingerprint density at radius 1 is 0.521 bits per heavy atom. The summed E-state index contributed by atoms with van der Waals surface area (Å²) in [6.45, 7) is 12.0. The highest BCUT2D eigenvalue weighted by Gasteiger charge is 2.01. The number of methoxy groups -OCH3 is 1. The van der Waals surface area contributed by atoms with E-state index in [2.05, 4.69) is 5.32 Å². The van der Waals surface area contributed by atoms with Gasteiger partial charge in [-0.2, -0.15) is 0 Å². The highest BCUT2D eigenvalue weighted by atomic mass is 33.1. The Balaban J connectivity index is 3.10. The van der Waals surface area contributed by atoms with E-state index in [1.54, 1.807) is 7.11 Å². The Morgan fingerprint density at radius 3 is 1.10 bits per heavy atom. The third-order valence-electron chi connectivity index (χ3n) is 5.50. The number of carbonyl (C=O) groups is 1. The van der Waals surface area contributed by atoms with Crippen molar-refractivity contribution < 1.29 is 61.6 Å². The van der Waals surface area contributed by atoms with E-state index in [1.807, 2.05) is 0 Å². The Labute approximate surface area is 294 Å². The van der Waals surface area contributed by atoms with Gasteiger partial charge in [0.15, 0.2) is 5.17 Å². The molecule has 286 valence electrons. The molecule has 0 aliphatic carbocycles. The van der Waals surface area contributed by atoms with Crippen LogP contribution in [-0.4, -0.2) is 182 Å². The van der Waals surface area contributed by atoms with Crippen molar-refractivity contribution >= 4 is 32.7 Å². The van der Waals surface area contributed by atoms with E-state index in [0.29, 0.717) is 165 Å². The van der Waals surface area contributed by atoms with Gasteiger partial charge < -0.3 is 67.9 Å². The van der Waals surface area contributed by atoms with Gasteiger partial charge in [0.25, 0.3) is 0 Å². The smallest absolute Gasteiger partial charge is 0.222 e. The van der Waals surface area contributed by atoms with Gasteiger partial charge in [-0.3, -0.25) is 10.2 Å². The number of ether oxygens (including phenoxy) is 12. The van der Waals surface area contributed by atoms with Crippen molar-refractivity contribution in [2.24, 2.45) is 5.73 Å². The van der Waals surface area contributed by atoms with Crippen LogP contribution in [0, 0.1) is 5.41 Å². The summed E-state index contributed by atoms with van der Waals surface area (Å²) >= 11 is 0. The standard InChI is InChI=1S/C30H61N3O13S2/c1-35-6-7-37-10-11-39-14-15-41-18-19-43-22-23-45-26-27-46-25-24-44-21-20-42-17-16-40-13-12-38-9-8-36-5-3-29(34)33-4-2-28-47-48-30(31)32/h2-28H2,1H3,(H3,31,32)(H,33,34). The highest BCUT2D eigenvalue weighted by Crippen LogP contribution is 2.20. The summed E-state index contributed by atoms with van der Waals surface area (Å²) in [7, 11) is 4.38. The van der Waals surface area contributed by atoms with Crippen molar-refractivity contribution in [3.8, 4) is 0 Å². The molecule has 0 aliphatic rings. The van der Waals surface area contributed by atoms with Crippen molar-refractivity contribution in [1.82, 2.24) is 5.32 Å². The van der Waals surface area contributed by atoms with Crippen LogP contribution < -0.4 is 11.1 Å². The minimum atomic E-state index is -0.0407. The molecule has 0 saturated carbocycles. The molecule has 16 nitrogen and oxygen atoms in total. The maximum absolute atomic E-state index is 11.7. The zero-order chi connectivity index (χ0) is 34.9. The van der Waals surface area contributed by atoms with E-state index in [9.17, 15) is 4.79 Å². The molecule has 0 aromatic rings. The number of carbonyl (C=O) groups excluding carboxylic acids is 1. The first-order chi connectivity index (χ1) is 23.7. The quantitative estimate of drug-likeness (QED) is 0.0349. The summed E-state index contributed by atoms with van der Waals surface area (Å²) in [6.07, 6.45) is 1.14. The fraction of sp³-hybridized carbons (Fsp3) is 0.933. The Bertz CT molecular complexity index is 680. The SMILES string of the molecule is COCCOCCOCCOCCOCCOCCOCCOCCOCCOCCOCCOCCC(=O)NCCCSSC(=N)N. The molecule has 0 unspecified atom stereocenters. The number of amidine groups is 1. The highest BCUT2D eigenvalue weighted by molar-refractivity contribution is 8.82. The molecule has 0 rings (SSSR count). The Morgan fingerprint density at radius 2 is 0.812 bits per heavy atom. The molecular weight excluding hydrogens is 674 g/mol. The number of hydrogen-bond donors (Lipinski definition) is 3. The first kappa shape index (κ1) is 47.2. The van der Waals surface area contributed by atoms with Crippen molar-refractivity contribution in [3.63, 3.8) is 0 Å². The summed E-state index contributed by atoms with van der Waals surface area (Å²) in [4.78, 5) is 11.7. The first-order valence-corrected chi connectivity index (χ1v) is 18.7. The van der Waals surface area contributed by atoms with Gasteiger partial charge in [0.1, 0.15) is 0 Å². The van der Waals surface area contributed by atoms with Gasteiger partial charge in [-0.1, -0.05) is 10.8 Å². The van der Waals surface area contributed by atoms with Crippen molar-refractivity contribution in [3.05, 3.63) is 0 Å². The monoisotopic (exact) mass is 735 g/mol. The molecule has 0 heterocycles. The van der Waals surface area contributed by atoms with Gasteiger partial charge in [-0.25, -0.2) is 0 Å². The molecule has 0 radical (unpaired) electrons. The van der Waals surface area contributed by atoms with Gasteiger partial charge in [0.2, 0.25) is 5.91 Å². The van der Waals surface area contributed by atoms with E-state index in [4.69, 9.17) is 68.0 Å². The predicted molar refractivity (Wildman–Crippen MR) is 185 cm³/mol. The maximum Gasteiger partial charge on any atom is 0.222 e. The Kier molecular flexibility index (Phi) is 41.6. The molecule has 48 heavy (non-hydrogen) atoms. The average Bonchev–Trinajstić information content (AvgIpc) is 3.08. The number of rotatable bonds is 41. The summed E-state index contributed by atoms with van der Waals surface area (Å²) in [5.74, 6) is 0.781. The lowest BCUT2D eigenvalue weighted by Crippen LogP contribution is -2.26. The first-order valence-electron chi connectivity index (χ1n) is 16.4. The van der Waals surface area contributed by atoms with Crippen LogP contribution in [0.1, 0.15) is 12.8 Å². The lowest BCUT2D eigenvalue weighted by molar-refractivity contribution is -0.122. The van der Waals surface area contributed by atoms with Crippen LogP contribution >= 0.6 is 21.6 Å². The summed E-state index contributed by atoms with van der Waals surface area (Å²) in [5, 5.41) is 10.0. The summed E-state index contributed by atoms with van der Waals surface area (Å²) in [6, 6.07) is 0. The third-order valence-corrected chi connectivity index (χ3v) is 7.65. The van der Waals surface area contributed by atoms with Crippen LogP contribution in [-0.2, 0) is 61.6 Å². The molecule has 1 amide bonds. The van der Waals surface area contributed by atoms with Crippen molar-refractivity contribution in [1.29, 1.82) is 5.41 Å². The summed E-state index contributed by atoms with van der Waals surface area (Å²) < 4.78 is 64.7. The lowest BCUT2D eigenvalue weighted by Gasteiger charge is -2.09. The second-order valence-electron chi connectivity index (χ2n) is 9.45. The molecule has 0 aromatic heterocycles. The minimum Gasteiger partial charge on any atom is -0.382 e. The molecule has 0 aliphatic heterocycles. The van der Waals surface area contributed by atoms with Gasteiger partial charge in [-0.15, -0.1) is 0 Å². The van der Waals surface area contributed by atoms with Crippen LogP contribution in [0.3, 0.4) is 0 Å². The van der Waals surface area contributed by atoms with E-state index >= 15 is 0 Å². The van der Waals surface area contributed by atoms with Gasteiger partial charge in [0, 0.05) is 25.8 Å². The predicted octanol–water partition coefficient (Wildman–Crippen LogP) is 0.987. The topological polar surface area (TPSA) is 190 Å². The largest absolute Gasteiger partial charge is 0.382 e. The molecule has 18 heteroatoms. The molecule has 0 bridgehead atoms. The second-order valence-corrected chi connectivity index (χ2v) is 11.9.